The lowest BCUT2D eigenvalue weighted by Gasteiger charge is -2.22. The van der Waals surface area contributed by atoms with E-state index in [-0.39, 0.29) is 0 Å². The average Bonchev–Trinajstić information content (AvgIpc) is 1.64. The fourth-order valence-electron chi connectivity index (χ4n) is 0.480. The fraction of sp³-hybridized carbons (Fsp3) is 1.00. The Morgan fingerprint density at radius 3 is 2.11 bits per heavy atom. The van der Waals surface area contributed by atoms with Crippen LogP contribution in [0.25, 0.3) is 0 Å². The summed E-state index contributed by atoms with van der Waals surface area (Å²) >= 11 is 4.87. The van der Waals surface area contributed by atoms with Crippen LogP contribution in [0.15, 0.2) is 0 Å². The minimum Gasteiger partial charge on any atom is -0.279 e. The van der Waals surface area contributed by atoms with Crippen molar-refractivity contribution in [1.82, 2.24) is 4.67 Å². The van der Waals surface area contributed by atoms with Crippen LogP contribution < -0.4 is 11.0 Å². The number of rotatable bonds is 3. The third kappa shape index (κ3) is 4.00. The Hall–Kier alpha value is 0.530. The molecule has 9 heavy (non-hydrogen) atoms. The summed E-state index contributed by atoms with van der Waals surface area (Å²) in [7, 11) is 1.87. The van der Waals surface area contributed by atoms with E-state index in [0.717, 1.165) is 13.0 Å². The van der Waals surface area contributed by atoms with Gasteiger partial charge in [-0.1, -0.05) is 6.92 Å². The van der Waals surface area contributed by atoms with Gasteiger partial charge in [-0.3, -0.25) is 15.7 Å². The average molecular weight is 167 g/mol. The third-order valence-electron chi connectivity index (χ3n) is 1.08. The van der Waals surface area contributed by atoms with Crippen molar-refractivity contribution in [1.29, 1.82) is 0 Å². The van der Waals surface area contributed by atoms with E-state index >= 15 is 0 Å². The molecule has 0 saturated carbocycles. The Morgan fingerprint density at radius 2 is 2.00 bits per heavy atom. The van der Waals surface area contributed by atoms with Crippen LogP contribution in [0.3, 0.4) is 0 Å². The topological polar surface area (TPSA) is 55.3 Å². The molecule has 0 unspecified atom stereocenters. The van der Waals surface area contributed by atoms with Crippen molar-refractivity contribution in [2.75, 3.05) is 13.6 Å². The highest BCUT2D eigenvalue weighted by molar-refractivity contribution is 8.11. The van der Waals surface area contributed by atoms with Gasteiger partial charge in [-0.05, 0) is 25.3 Å². The summed E-state index contributed by atoms with van der Waals surface area (Å²) in [4.78, 5) is 0. The molecule has 0 bridgehead atoms. The highest BCUT2D eigenvalue weighted by Gasteiger charge is 2.08. The second-order valence-corrected chi connectivity index (χ2v) is 5.84. The normalized spacial score (nSPS) is 12.6. The van der Waals surface area contributed by atoms with Gasteiger partial charge in [-0.2, -0.15) is 0 Å². The Kier molecular flexibility index (Phi) is 3.85. The van der Waals surface area contributed by atoms with Crippen LogP contribution in [0.1, 0.15) is 13.3 Å². The van der Waals surface area contributed by atoms with E-state index in [9.17, 15) is 0 Å². The van der Waals surface area contributed by atoms with Gasteiger partial charge in [0.15, 0.2) is 0 Å². The number of nitrogens with zero attached hydrogens (tertiary/aromatic N) is 1. The molecule has 3 nitrogen and oxygen atoms in total. The van der Waals surface area contributed by atoms with Crippen LogP contribution in [0.4, 0.5) is 0 Å². The van der Waals surface area contributed by atoms with Gasteiger partial charge >= 0.3 is 0 Å². The first kappa shape index (κ1) is 9.53. The molecule has 0 radical (unpaired) electrons. The summed E-state index contributed by atoms with van der Waals surface area (Å²) in [5.41, 5.74) is 11.0. The van der Waals surface area contributed by atoms with Crippen LogP contribution in [0.5, 0.6) is 0 Å². The molecule has 0 spiro atoms. The molecule has 0 aliphatic rings. The maximum atomic E-state index is 5.49. The van der Waals surface area contributed by atoms with E-state index < -0.39 is 6.49 Å². The van der Waals surface area contributed by atoms with Crippen LogP contribution in [0.2, 0.25) is 0 Å². The minimum absolute atomic E-state index is 0.893. The first-order chi connectivity index (χ1) is 3.98. The lowest BCUT2D eigenvalue weighted by molar-refractivity contribution is 0.539. The SMILES string of the molecule is CCCN(C)P(N)(N)=S. The Bertz CT molecular complexity index is 121. The highest BCUT2D eigenvalue weighted by Crippen LogP contribution is 2.29. The molecule has 0 aromatic rings. The van der Waals surface area contributed by atoms with Gasteiger partial charge in [0.05, 0.1) is 0 Å². The monoisotopic (exact) mass is 167 g/mol. The molecule has 5 heteroatoms. The second-order valence-electron chi connectivity index (χ2n) is 2.05. The van der Waals surface area contributed by atoms with Gasteiger partial charge < -0.3 is 0 Å². The third-order valence-corrected chi connectivity index (χ3v) is 3.18. The molecule has 0 aromatic heterocycles. The number of nitrogens with two attached hydrogens (primary N) is 2. The summed E-state index contributed by atoms with van der Waals surface area (Å²) in [5, 5.41) is 0. The van der Waals surface area contributed by atoms with Gasteiger partial charge in [0.1, 0.15) is 6.49 Å². The van der Waals surface area contributed by atoms with Gasteiger partial charge in [-0.15, -0.1) is 0 Å². The summed E-state index contributed by atoms with van der Waals surface area (Å²) in [5.74, 6) is 0. The largest absolute Gasteiger partial charge is 0.279 e. The lowest BCUT2D eigenvalue weighted by Crippen LogP contribution is -2.25. The maximum Gasteiger partial charge on any atom is 0.134 e. The van der Waals surface area contributed by atoms with Crippen molar-refractivity contribution < 1.29 is 0 Å². The van der Waals surface area contributed by atoms with Crippen molar-refractivity contribution in [3.05, 3.63) is 0 Å². The van der Waals surface area contributed by atoms with Gasteiger partial charge in [0.2, 0.25) is 0 Å². The van der Waals surface area contributed by atoms with E-state index in [0.29, 0.717) is 0 Å². The molecular formula is C4H14N3PS. The van der Waals surface area contributed by atoms with Crippen molar-refractivity contribution in [3.8, 4) is 0 Å². The predicted octanol–water partition coefficient (Wildman–Crippen LogP) is 0.470. The predicted molar refractivity (Wildman–Crippen MR) is 45.6 cm³/mol. The van der Waals surface area contributed by atoms with Crippen molar-refractivity contribution in [3.63, 3.8) is 0 Å². The molecule has 0 saturated heterocycles. The molecule has 0 aromatic carbocycles. The van der Waals surface area contributed by atoms with E-state index in [1.807, 2.05) is 11.7 Å². The molecule has 0 amide bonds. The minimum atomic E-state index is -2.11. The van der Waals surface area contributed by atoms with E-state index in [4.69, 9.17) is 22.8 Å². The van der Waals surface area contributed by atoms with Crippen LogP contribution in [0, 0.1) is 0 Å². The molecule has 0 heterocycles. The number of hydrogen-bond donors (Lipinski definition) is 2. The molecule has 0 aliphatic carbocycles. The van der Waals surface area contributed by atoms with Gasteiger partial charge in [-0.25, -0.2) is 0 Å². The summed E-state index contributed by atoms with van der Waals surface area (Å²) in [6.45, 7) is 0.857. The van der Waals surface area contributed by atoms with Crippen LogP contribution >= 0.6 is 6.49 Å². The second kappa shape index (κ2) is 3.64. The molecule has 4 N–H and O–H groups in total. The first-order valence-electron chi connectivity index (χ1n) is 2.87. The van der Waals surface area contributed by atoms with Crippen LogP contribution in [-0.2, 0) is 11.8 Å². The van der Waals surface area contributed by atoms with E-state index in [1.165, 1.54) is 0 Å². The Morgan fingerprint density at radius 1 is 1.56 bits per heavy atom. The molecule has 0 aliphatic heterocycles. The smallest absolute Gasteiger partial charge is 0.134 e. The molecule has 56 valence electrons. The quantitative estimate of drug-likeness (QED) is 0.600. The summed E-state index contributed by atoms with van der Waals surface area (Å²) < 4.78 is 1.85. The zero-order chi connectivity index (χ0) is 7.49. The van der Waals surface area contributed by atoms with Gasteiger partial charge in [0, 0.05) is 6.54 Å². The van der Waals surface area contributed by atoms with E-state index in [2.05, 4.69) is 6.92 Å². The van der Waals surface area contributed by atoms with E-state index in [1.54, 1.807) is 0 Å². The summed E-state index contributed by atoms with van der Waals surface area (Å²) in [6.07, 6.45) is 1.04. The Labute approximate surface area is 61.6 Å². The maximum absolute atomic E-state index is 5.49. The zero-order valence-electron chi connectivity index (χ0n) is 5.87. The van der Waals surface area contributed by atoms with Crippen molar-refractivity contribution in [2.45, 2.75) is 13.3 Å². The molecular weight excluding hydrogens is 153 g/mol. The Balaban J connectivity index is 3.74. The standard InChI is InChI=1S/C4H14N3PS/c1-3-4-7(2)8(5,6)9/h3-4H2,1-2H3,(H4,5,6,9). The molecule has 0 fully saturated rings. The zero-order valence-corrected chi connectivity index (χ0v) is 7.58. The van der Waals surface area contributed by atoms with Gasteiger partial charge in [0.25, 0.3) is 0 Å². The first-order valence-corrected chi connectivity index (χ1v) is 5.76. The lowest BCUT2D eigenvalue weighted by atomic mass is 10.5. The number of hydrogen-bond acceptors (Lipinski definition) is 1. The van der Waals surface area contributed by atoms with Crippen LogP contribution in [-0.4, -0.2) is 18.3 Å². The molecule has 0 atom stereocenters. The van der Waals surface area contributed by atoms with Crippen molar-refractivity contribution >= 4 is 18.3 Å². The summed E-state index contributed by atoms with van der Waals surface area (Å²) in [6, 6.07) is 0. The van der Waals surface area contributed by atoms with Crippen molar-refractivity contribution in [2.24, 2.45) is 11.0 Å². The molecule has 0 rings (SSSR count). The highest BCUT2D eigenvalue weighted by atomic mass is 32.4. The fourth-order valence-corrected chi connectivity index (χ4v) is 1.24.